The van der Waals surface area contributed by atoms with Crippen molar-refractivity contribution in [2.24, 2.45) is 5.92 Å². The van der Waals surface area contributed by atoms with E-state index in [0.717, 1.165) is 48.9 Å². The molecule has 2 amide bonds. The highest BCUT2D eigenvalue weighted by Gasteiger charge is 2.30. The van der Waals surface area contributed by atoms with E-state index in [4.69, 9.17) is 0 Å². The van der Waals surface area contributed by atoms with Gasteiger partial charge in [-0.25, -0.2) is 0 Å². The summed E-state index contributed by atoms with van der Waals surface area (Å²) >= 11 is 0. The largest absolute Gasteiger partial charge is 0.353 e. The van der Waals surface area contributed by atoms with Gasteiger partial charge in [0, 0.05) is 24.7 Å². The first-order chi connectivity index (χ1) is 13.0. The molecule has 4 heteroatoms. The van der Waals surface area contributed by atoms with Crippen LogP contribution in [0, 0.1) is 19.8 Å². The van der Waals surface area contributed by atoms with Crippen LogP contribution in [0.5, 0.6) is 0 Å². The fraction of sp³-hybridized carbons (Fsp3) is 0.652. The summed E-state index contributed by atoms with van der Waals surface area (Å²) in [4.78, 5) is 27.6. The van der Waals surface area contributed by atoms with Crippen LogP contribution < -0.4 is 5.32 Å². The molecule has 3 rings (SSSR count). The summed E-state index contributed by atoms with van der Waals surface area (Å²) in [6.07, 6.45) is 10.3. The van der Waals surface area contributed by atoms with Gasteiger partial charge < -0.3 is 10.2 Å². The maximum atomic E-state index is 12.9. The summed E-state index contributed by atoms with van der Waals surface area (Å²) in [6, 6.07) is 6.31. The Balaban J connectivity index is 1.59. The Morgan fingerprint density at radius 1 is 0.889 bits per heavy atom. The normalized spacial score (nSPS) is 22.0. The monoisotopic (exact) mass is 370 g/mol. The number of nitrogens with zero attached hydrogens (tertiary/aromatic N) is 1. The molecule has 1 heterocycles. The molecule has 0 unspecified atom stereocenters. The Hall–Kier alpha value is -1.84. The van der Waals surface area contributed by atoms with Crippen LogP contribution in [0.2, 0.25) is 0 Å². The van der Waals surface area contributed by atoms with E-state index in [1.54, 1.807) is 0 Å². The summed E-state index contributed by atoms with van der Waals surface area (Å²) in [5.74, 6) is 0.141. The van der Waals surface area contributed by atoms with Crippen LogP contribution in [-0.2, 0) is 4.79 Å². The molecule has 1 aromatic carbocycles. The fourth-order valence-corrected chi connectivity index (χ4v) is 4.58. The Bertz CT molecular complexity index is 642. The third-order valence-corrected chi connectivity index (χ3v) is 6.00. The topological polar surface area (TPSA) is 49.4 Å². The van der Waals surface area contributed by atoms with E-state index >= 15 is 0 Å². The minimum absolute atomic E-state index is 0.0604. The van der Waals surface area contributed by atoms with Crippen LogP contribution in [0.1, 0.15) is 79.3 Å². The summed E-state index contributed by atoms with van der Waals surface area (Å²) < 4.78 is 0. The lowest BCUT2D eigenvalue weighted by atomic mass is 9.93. The van der Waals surface area contributed by atoms with Gasteiger partial charge in [-0.3, -0.25) is 9.59 Å². The summed E-state index contributed by atoms with van der Waals surface area (Å²) in [5, 5.41) is 3.30. The highest BCUT2D eigenvalue weighted by atomic mass is 16.2. The molecule has 0 aromatic heterocycles. The number of amides is 2. The molecule has 1 atom stereocenters. The van der Waals surface area contributed by atoms with Gasteiger partial charge in [-0.1, -0.05) is 49.3 Å². The number of hydrogen-bond donors (Lipinski definition) is 1. The Morgan fingerprint density at radius 2 is 1.52 bits per heavy atom. The maximum Gasteiger partial charge on any atom is 0.253 e. The number of benzene rings is 1. The van der Waals surface area contributed by atoms with Gasteiger partial charge in [0.15, 0.2) is 0 Å². The van der Waals surface area contributed by atoms with Crippen LogP contribution in [-0.4, -0.2) is 35.8 Å². The van der Waals surface area contributed by atoms with Crippen LogP contribution in [0.15, 0.2) is 18.2 Å². The van der Waals surface area contributed by atoms with Gasteiger partial charge >= 0.3 is 0 Å². The lowest BCUT2D eigenvalue weighted by Crippen LogP contribution is -2.47. The maximum absolute atomic E-state index is 12.9. The van der Waals surface area contributed by atoms with Crippen molar-refractivity contribution >= 4 is 11.8 Å². The van der Waals surface area contributed by atoms with Crippen LogP contribution in [0.25, 0.3) is 0 Å². The second kappa shape index (κ2) is 9.38. The quantitative estimate of drug-likeness (QED) is 0.858. The van der Waals surface area contributed by atoms with Gasteiger partial charge in [-0.15, -0.1) is 0 Å². The number of aryl methyl sites for hydroxylation is 2. The van der Waals surface area contributed by atoms with Crippen molar-refractivity contribution in [3.8, 4) is 0 Å². The van der Waals surface area contributed by atoms with Gasteiger partial charge in [0.25, 0.3) is 5.91 Å². The zero-order chi connectivity index (χ0) is 19.2. The molecule has 0 bridgehead atoms. The molecule has 0 spiro atoms. The average Bonchev–Trinajstić information content (AvgIpc) is 2.62. The molecular formula is C23H34N2O2. The van der Waals surface area contributed by atoms with Crippen LogP contribution in [0.4, 0.5) is 0 Å². The van der Waals surface area contributed by atoms with Crippen molar-refractivity contribution < 1.29 is 9.59 Å². The first-order valence-corrected chi connectivity index (χ1v) is 10.7. The molecule has 1 aromatic rings. The molecule has 1 N–H and O–H groups in total. The standard InChI is InChI=1S/C23H34N2O2/c1-17-13-18(2)15-20(14-17)23(27)25-12-8-9-19(16-25)22(26)24-21-10-6-4-3-5-7-11-21/h13-15,19,21H,3-12,16H2,1-2H3,(H,24,26)/t19-/m1/s1. The van der Waals surface area contributed by atoms with Crippen LogP contribution in [0.3, 0.4) is 0 Å². The number of carbonyl (C=O) groups excluding carboxylic acids is 2. The van der Waals surface area contributed by atoms with Crippen molar-refractivity contribution in [2.75, 3.05) is 13.1 Å². The van der Waals surface area contributed by atoms with Crippen molar-refractivity contribution in [2.45, 2.75) is 77.7 Å². The third-order valence-electron chi connectivity index (χ3n) is 6.00. The van der Waals surface area contributed by atoms with Gasteiger partial charge in [-0.05, 0) is 51.7 Å². The molecule has 1 saturated heterocycles. The molecular weight excluding hydrogens is 336 g/mol. The van der Waals surface area contributed by atoms with Gasteiger partial charge in [0.1, 0.15) is 0 Å². The minimum atomic E-state index is -0.0703. The fourth-order valence-electron chi connectivity index (χ4n) is 4.58. The lowest BCUT2D eigenvalue weighted by Gasteiger charge is -2.33. The van der Waals surface area contributed by atoms with Crippen molar-refractivity contribution in [1.82, 2.24) is 10.2 Å². The van der Waals surface area contributed by atoms with E-state index in [2.05, 4.69) is 11.4 Å². The molecule has 1 aliphatic heterocycles. The predicted octanol–water partition coefficient (Wildman–Crippen LogP) is 4.38. The van der Waals surface area contributed by atoms with Crippen LogP contribution >= 0.6 is 0 Å². The first-order valence-electron chi connectivity index (χ1n) is 10.7. The molecule has 0 radical (unpaired) electrons. The smallest absolute Gasteiger partial charge is 0.253 e. The second-order valence-corrected chi connectivity index (χ2v) is 8.52. The second-order valence-electron chi connectivity index (χ2n) is 8.52. The SMILES string of the molecule is Cc1cc(C)cc(C(=O)N2CCC[C@@H](C(=O)NC3CCCCCCC3)C2)c1. The number of hydrogen-bond acceptors (Lipinski definition) is 2. The number of nitrogens with one attached hydrogen (secondary N) is 1. The van der Waals surface area contributed by atoms with E-state index in [0.29, 0.717) is 12.6 Å². The predicted molar refractivity (Wildman–Crippen MR) is 109 cm³/mol. The third kappa shape index (κ3) is 5.57. The summed E-state index contributed by atoms with van der Waals surface area (Å²) in [7, 11) is 0. The number of carbonyl (C=O) groups is 2. The Labute approximate surface area is 163 Å². The van der Waals surface area contributed by atoms with Gasteiger partial charge in [-0.2, -0.15) is 0 Å². The zero-order valence-electron chi connectivity index (χ0n) is 16.9. The highest BCUT2D eigenvalue weighted by Crippen LogP contribution is 2.22. The van der Waals surface area contributed by atoms with E-state index in [1.807, 2.05) is 30.9 Å². The number of likely N-dealkylation sites (tertiary alicyclic amines) is 1. The molecule has 1 saturated carbocycles. The van der Waals surface area contributed by atoms with E-state index in [1.165, 1.54) is 32.1 Å². The van der Waals surface area contributed by atoms with E-state index < -0.39 is 0 Å². The van der Waals surface area contributed by atoms with E-state index in [9.17, 15) is 9.59 Å². The van der Waals surface area contributed by atoms with E-state index in [-0.39, 0.29) is 17.7 Å². The summed E-state index contributed by atoms with van der Waals surface area (Å²) in [5.41, 5.74) is 2.96. The molecule has 2 fully saturated rings. The van der Waals surface area contributed by atoms with Crippen molar-refractivity contribution in [1.29, 1.82) is 0 Å². The number of rotatable bonds is 3. The zero-order valence-corrected chi connectivity index (χ0v) is 16.9. The average molecular weight is 371 g/mol. The first kappa shape index (κ1) is 19.9. The van der Waals surface area contributed by atoms with Crippen molar-refractivity contribution in [3.63, 3.8) is 0 Å². The number of piperidine rings is 1. The molecule has 148 valence electrons. The molecule has 27 heavy (non-hydrogen) atoms. The van der Waals surface area contributed by atoms with Gasteiger partial charge in [0.05, 0.1) is 5.92 Å². The molecule has 4 nitrogen and oxygen atoms in total. The lowest BCUT2D eigenvalue weighted by molar-refractivity contribution is -0.127. The highest BCUT2D eigenvalue weighted by molar-refractivity contribution is 5.95. The summed E-state index contributed by atoms with van der Waals surface area (Å²) in [6.45, 7) is 5.33. The molecule has 2 aliphatic rings. The van der Waals surface area contributed by atoms with Crippen molar-refractivity contribution in [3.05, 3.63) is 34.9 Å². The Morgan fingerprint density at radius 3 is 2.19 bits per heavy atom. The Kier molecular flexibility index (Phi) is 6.92. The minimum Gasteiger partial charge on any atom is -0.353 e. The van der Waals surface area contributed by atoms with Gasteiger partial charge in [0.2, 0.25) is 5.91 Å². The molecule has 1 aliphatic carbocycles.